The van der Waals surface area contributed by atoms with Gasteiger partial charge in [-0.25, -0.2) is 0 Å². The van der Waals surface area contributed by atoms with Gasteiger partial charge < -0.3 is 4.18 Å². The number of benzene rings is 2. The maximum atomic E-state index is 12.3. The lowest BCUT2D eigenvalue weighted by Gasteiger charge is -2.13. The van der Waals surface area contributed by atoms with Gasteiger partial charge in [0.25, 0.3) is 0 Å². The quantitative estimate of drug-likeness (QED) is 0.629. The van der Waals surface area contributed by atoms with E-state index in [-0.39, 0.29) is 5.75 Å². The molecule has 7 heteroatoms. The minimum absolute atomic E-state index is 0.296. The smallest absolute Gasteiger partial charge is 0.375 e. The van der Waals surface area contributed by atoms with E-state index in [0.717, 1.165) is 0 Å². The van der Waals surface area contributed by atoms with E-state index in [1.165, 1.54) is 19.1 Å². The molecule has 0 saturated carbocycles. The van der Waals surface area contributed by atoms with Crippen LogP contribution in [0.15, 0.2) is 36.4 Å². The second kappa shape index (κ2) is 4.41. The van der Waals surface area contributed by atoms with Crippen LogP contribution < -0.4 is 4.18 Å². The summed E-state index contributed by atoms with van der Waals surface area (Å²) < 4.78 is 63.4. The van der Waals surface area contributed by atoms with Gasteiger partial charge in [0, 0.05) is 5.39 Å². The zero-order valence-electron chi connectivity index (χ0n) is 9.73. The summed E-state index contributed by atoms with van der Waals surface area (Å²) in [7, 11) is -5.66. The van der Waals surface area contributed by atoms with Gasteiger partial charge in [-0.15, -0.1) is 0 Å². The molecule has 2 rings (SSSR count). The third-order valence-electron chi connectivity index (χ3n) is 2.55. The van der Waals surface area contributed by atoms with E-state index in [2.05, 4.69) is 4.18 Å². The molecule has 19 heavy (non-hydrogen) atoms. The van der Waals surface area contributed by atoms with Crippen molar-refractivity contribution < 1.29 is 25.8 Å². The second-order valence-corrected chi connectivity index (χ2v) is 5.45. The van der Waals surface area contributed by atoms with Crippen LogP contribution in [-0.2, 0) is 10.1 Å². The highest BCUT2D eigenvalue weighted by Crippen LogP contribution is 2.34. The Morgan fingerprint density at radius 2 is 1.68 bits per heavy atom. The highest BCUT2D eigenvalue weighted by Gasteiger charge is 2.48. The summed E-state index contributed by atoms with van der Waals surface area (Å²) in [4.78, 5) is 0. The molecule has 0 spiro atoms. The topological polar surface area (TPSA) is 43.4 Å². The molecule has 2 aromatic rings. The molecule has 0 unspecified atom stereocenters. The highest BCUT2D eigenvalue weighted by atomic mass is 32.2. The van der Waals surface area contributed by atoms with Crippen LogP contribution in [0.5, 0.6) is 5.75 Å². The van der Waals surface area contributed by atoms with Crippen molar-refractivity contribution in [3.8, 4) is 5.75 Å². The molecule has 0 N–H and O–H groups in total. The molecule has 0 saturated heterocycles. The van der Waals surface area contributed by atoms with E-state index in [1.807, 2.05) is 0 Å². The van der Waals surface area contributed by atoms with Crippen LogP contribution in [0.4, 0.5) is 13.2 Å². The Morgan fingerprint density at radius 3 is 2.32 bits per heavy atom. The van der Waals surface area contributed by atoms with E-state index in [0.29, 0.717) is 16.3 Å². The lowest BCUT2D eigenvalue weighted by atomic mass is 10.1. The fraction of sp³-hybridized carbons (Fsp3) is 0.167. The van der Waals surface area contributed by atoms with Gasteiger partial charge in [-0.1, -0.05) is 36.4 Å². The predicted octanol–water partition coefficient (Wildman–Crippen LogP) is 3.38. The Kier molecular flexibility index (Phi) is 3.17. The van der Waals surface area contributed by atoms with Crippen molar-refractivity contribution in [3.05, 3.63) is 42.0 Å². The van der Waals surface area contributed by atoms with Crippen LogP contribution in [-0.4, -0.2) is 13.9 Å². The van der Waals surface area contributed by atoms with Crippen molar-refractivity contribution in [2.45, 2.75) is 12.4 Å². The molecule has 0 amide bonds. The first kappa shape index (κ1) is 13.7. The fourth-order valence-corrected chi connectivity index (χ4v) is 2.15. The molecule has 3 nitrogen and oxygen atoms in total. The molecule has 0 aliphatic rings. The van der Waals surface area contributed by atoms with E-state index < -0.39 is 15.6 Å². The summed E-state index contributed by atoms with van der Waals surface area (Å²) in [6, 6.07) is 9.63. The van der Waals surface area contributed by atoms with Crippen LogP contribution in [0.3, 0.4) is 0 Å². The van der Waals surface area contributed by atoms with Gasteiger partial charge in [-0.2, -0.15) is 21.6 Å². The standard InChI is InChI=1S/C12H9F3O3S/c1-8-6-7-9-4-2-3-5-10(9)11(8)18-19(16,17)12(13,14)15/h2-7H,1H3. The monoisotopic (exact) mass is 290 g/mol. The van der Waals surface area contributed by atoms with Crippen molar-refractivity contribution in [2.24, 2.45) is 0 Å². The molecule has 2 aromatic carbocycles. The van der Waals surface area contributed by atoms with Crippen LogP contribution in [0.25, 0.3) is 10.8 Å². The maximum Gasteiger partial charge on any atom is 0.534 e. The molecular weight excluding hydrogens is 281 g/mol. The zero-order valence-corrected chi connectivity index (χ0v) is 10.5. The van der Waals surface area contributed by atoms with Crippen molar-refractivity contribution in [3.63, 3.8) is 0 Å². The Hall–Kier alpha value is -1.76. The first-order chi connectivity index (χ1) is 8.72. The third-order valence-corrected chi connectivity index (χ3v) is 3.51. The molecule has 0 radical (unpaired) electrons. The summed E-state index contributed by atoms with van der Waals surface area (Å²) in [6.07, 6.45) is 0. The van der Waals surface area contributed by atoms with Crippen LogP contribution >= 0.6 is 0 Å². The molecule has 0 fully saturated rings. The number of hydrogen-bond donors (Lipinski definition) is 0. The van der Waals surface area contributed by atoms with Gasteiger partial charge in [-0.05, 0) is 17.9 Å². The van der Waals surface area contributed by atoms with Crippen LogP contribution in [0.2, 0.25) is 0 Å². The van der Waals surface area contributed by atoms with Gasteiger partial charge in [-0.3, -0.25) is 0 Å². The van der Waals surface area contributed by atoms with Crippen molar-refractivity contribution >= 4 is 20.9 Å². The van der Waals surface area contributed by atoms with Crippen LogP contribution in [0.1, 0.15) is 5.56 Å². The normalized spacial score (nSPS) is 12.6. The Balaban J connectivity index is 2.61. The Bertz CT molecular complexity index is 721. The zero-order chi connectivity index (χ0) is 14.3. The number of aryl methyl sites for hydroxylation is 1. The first-order valence-electron chi connectivity index (χ1n) is 5.21. The summed E-state index contributed by atoms with van der Waals surface area (Å²) in [5.74, 6) is -0.296. The van der Waals surface area contributed by atoms with Crippen molar-refractivity contribution in [1.29, 1.82) is 0 Å². The first-order valence-corrected chi connectivity index (χ1v) is 6.62. The molecule has 0 atom stereocenters. The van der Waals surface area contributed by atoms with Gasteiger partial charge >= 0.3 is 15.6 Å². The largest absolute Gasteiger partial charge is 0.534 e. The molecule has 0 aliphatic heterocycles. The average Bonchev–Trinajstić information content (AvgIpc) is 2.31. The van der Waals surface area contributed by atoms with Crippen molar-refractivity contribution in [1.82, 2.24) is 0 Å². The average molecular weight is 290 g/mol. The maximum absolute atomic E-state index is 12.3. The minimum Gasteiger partial charge on any atom is -0.375 e. The number of rotatable bonds is 2. The number of alkyl halides is 3. The summed E-state index contributed by atoms with van der Waals surface area (Å²) >= 11 is 0. The number of halogens is 3. The summed E-state index contributed by atoms with van der Waals surface area (Å²) in [5.41, 5.74) is -5.14. The molecule has 0 bridgehead atoms. The Labute approximate surface area is 107 Å². The fourth-order valence-electron chi connectivity index (χ4n) is 1.62. The SMILES string of the molecule is Cc1ccc2ccccc2c1OS(=O)(=O)C(F)(F)F. The second-order valence-electron chi connectivity index (χ2n) is 3.92. The van der Waals surface area contributed by atoms with Gasteiger partial charge in [0.2, 0.25) is 0 Å². The van der Waals surface area contributed by atoms with E-state index in [4.69, 9.17) is 0 Å². The predicted molar refractivity (Wildman–Crippen MR) is 64.3 cm³/mol. The Morgan fingerprint density at radius 1 is 1.05 bits per heavy atom. The van der Waals surface area contributed by atoms with Gasteiger partial charge in [0.1, 0.15) is 0 Å². The molecule has 102 valence electrons. The molecule has 0 heterocycles. The molecular formula is C12H9F3O3S. The summed E-state index contributed by atoms with van der Waals surface area (Å²) in [5, 5.41) is 0.913. The number of fused-ring (bicyclic) bond motifs is 1. The lowest BCUT2D eigenvalue weighted by molar-refractivity contribution is -0.0499. The van der Waals surface area contributed by atoms with Gasteiger partial charge in [0.15, 0.2) is 5.75 Å². The third kappa shape index (κ3) is 2.51. The summed E-state index contributed by atoms with van der Waals surface area (Å²) in [6.45, 7) is 1.48. The van der Waals surface area contributed by atoms with E-state index in [1.54, 1.807) is 24.3 Å². The van der Waals surface area contributed by atoms with E-state index >= 15 is 0 Å². The minimum atomic E-state index is -5.66. The van der Waals surface area contributed by atoms with Crippen LogP contribution in [0, 0.1) is 6.92 Å². The molecule has 0 aliphatic carbocycles. The number of hydrogen-bond acceptors (Lipinski definition) is 3. The lowest BCUT2D eigenvalue weighted by Crippen LogP contribution is -2.28. The van der Waals surface area contributed by atoms with Crippen molar-refractivity contribution in [2.75, 3.05) is 0 Å². The van der Waals surface area contributed by atoms with Gasteiger partial charge in [0.05, 0.1) is 0 Å². The highest BCUT2D eigenvalue weighted by molar-refractivity contribution is 7.88. The molecule has 0 aromatic heterocycles. The van der Waals surface area contributed by atoms with E-state index in [9.17, 15) is 21.6 Å².